The van der Waals surface area contributed by atoms with Gasteiger partial charge in [0.15, 0.2) is 0 Å². The third-order valence-corrected chi connectivity index (χ3v) is 5.46. The van der Waals surface area contributed by atoms with Gasteiger partial charge in [-0.25, -0.2) is 0 Å². The van der Waals surface area contributed by atoms with Crippen molar-refractivity contribution in [1.82, 2.24) is 15.6 Å². The lowest BCUT2D eigenvalue weighted by Gasteiger charge is -2.24. The fourth-order valence-corrected chi connectivity index (χ4v) is 4.10. The summed E-state index contributed by atoms with van der Waals surface area (Å²) in [7, 11) is 1.92. The average Bonchev–Trinajstić information content (AvgIpc) is 3.10. The normalized spacial score (nSPS) is 16.9. The molecule has 0 spiro atoms. The first-order valence-corrected chi connectivity index (χ1v) is 9.72. The van der Waals surface area contributed by atoms with Crippen LogP contribution >= 0.6 is 0 Å². The Bertz CT molecular complexity index is 966. The van der Waals surface area contributed by atoms with E-state index in [4.69, 9.17) is 0 Å². The molecule has 3 nitrogen and oxygen atoms in total. The van der Waals surface area contributed by atoms with Crippen molar-refractivity contribution in [2.24, 2.45) is 0 Å². The molecule has 3 heteroatoms. The van der Waals surface area contributed by atoms with Crippen LogP contribution in [0.4, 0.5) is 0 Å². The molecule has 0 fully saturated rings. The molecule has 0 amide bonds. The average molecular weight is 358 g/mol. The highest BCUT2D eigenvalue weighted by Crippen LogP contribution is 2.36. The van der Waals surface area contributed by atoms with Gasteiger partial charge in [0.25, 0.3) is 0 Å². The van der Waals surface area contributed by atoms with E-state index < -0.39 is 0 Å². The van der Waals surface area contributed by atoms with Gasteiger partial charge in [-0.05, 0) is 53.7 Å². The Hall–Kier alpha value is -2.78. The molecule has 4 rings (SSSR count). The van der Waals surface area contributed by atoms with E-state index in [0.717, 1.165) is 18.5 Å². The van der Waals surface area contributed by atoms with Crippen molar-refractivity contribution in [2.75, 3.05) is 7.05 Å². The molecule has 0 radical (unpaired) electrons. The molecule has 0 saturated heterocycles. The molecule has 2 aromatic carbocycles. The van der Waals surface area contributed by atoms with Gasteiger partial charge >= 0.3 is 0 Å². The minimum atomic E-state index is 0.386. The molecule has 1 aliphatic carbocycles. The highest BCUT2D eigenvalue weighted by molar-refractivity contribution is 5.89. The van der Waals surface area contributed by atoms with Crippen molar-refractivity contribution in [3.05, 3.63) is 89.8 Å². The number of aromatic amines is 1. The van der Waals surface area contributed by atoms with Gasteiger partial charge in [-0.1, -0.05) is 49.1 Å². The zero-order valence-corrected chi connectivity index (χ0v) is 15.9. The molecule has 1 aliphatic rings. The first kappa shape index (κ1) is 17.6. The predicted octanol–water partition coefficient (Wildman–Crippen LogP) is 5.08. The van der Waals surface area contributed by atoms with Gasteiger partial charge in [0.05, 0.1) is 0 Å². The van der Waals surface area contributed by atoms with Crippen LogP contribution in [0.3, 0.4) is 0 Å². The number of fused-ring (bicyclic) bond motifs is 3. The number of nitrogens with one attached hydrogen (secondary N) is 3. The fraction of sp³-hybridized carbons (Fsp3) is 0.250. The monoisotopic (exact) mass is 357 g/mol. The topological polar surface area (TPSA) is 39.9 Å². The molecule has 27 heavy (non-hydrogen) atoms. The van der Waals surface area contributed by atoms with Crippen molar-refractivity contribution in [1.29, 1.82) is 0 Å². The molecule has 3 aromatic rings. The Kier molecular flexibility index (Phi) is 5.12. The van der Waals surface area contributed by atoms with Crippen molar-refractivity contribution < 1.29 is 0 Å². The molecule has 1 atom stereocenters. The zero-order valence-electron chi connectivity index (χ0n) is 15.9. The van der Waals surface area contributed by atoms with E-state index in [1.54, 1.807) is 0 Å². The predicted molar refractivity (Wildman–Crippen MR) is 114 cm³/mol. The summed E-state index contributed by atoms with van der Waals surface area (Å²) in [6.07, 6.45) is 7.44. The van der Waals surface area contributed by atoms with Crippen LogP contribution in [0.2, 0.25) is 0 Å². The summed E-state index contributed by atoms with van der Waals surface area (Å²) in [5, 5.41) is 8.21. The Morgan fingerprint density at radius 3 is 2.85 bits per heavy atom. The molecule has 1 heterocycles. The number of hydrogen-bond acceptors (Lipinski definition) is 2. The van der Waals surface area contributed by atoms with Crippen molar-refractivity contribution in [3.63, 3.8) is 0 Å². The van der Waals surface area contributed by atoms with Gasteiger partial charge in [-0.15, -0.1) is 0 Å². The number of rotatable bonds is 6. The molecule has 0 aliphatic heterocycles. The summed E-state index contributed by atoms with van der Waals surface area (Å²) in [6, 6.07) is 17.7. The summed E-state index contributed by atoms with van der Waals surface area (Å²) in [5.41, 5.74) is 7.71. The smallest absolute Gasteiger partial charge is 0.0478 e. The van der Waals surface area contributed by atoms with Gasteiger partial charge in [0.1, 0.15) is 0 Å². The highest BCUT2D eigenvalue weighted by Gasteiger charge is 2.24. The lowest BCUT2D eigenvalue weighted by molar-refractivity contribution is 0.452. The highest BCUT2D eigenvalue weighted by atomic mass is 14.9. The van der Waals surface area contributed by atoms with Crippen LogP contribution in [0.5, 0.6) is 0 Å². The summed E-state index contributed by atoms with van der Waals surface area (Å²) in [4.78, 5) is 3.70. The van der Waals surface area contributed by atoms with Crippen LogP contribution in [0.1, 0.15) is 41.3 Å². The van der Waals surface area contributed by atoms with Crippen LogP contribution in [-0.2, 0) is 13.0 Å². The van der Waals surface area contributed by atoms with Crippen LogP contribution in [0.15, 0.2) is 67.4 Å². The third-order valence-electron chi connectivity index (χ3n) is 5.46. The van der Waals surface area contributed by atoms with E-state index in [9.17, 15) is 0 Å². The van der Waals surface area contributed by atoms with Gasteiger partial charge in [0, 0.05) is 42.4 Å². The lowest BCUT2D eigenvalue weighted by atomic mass is 9.91. The molecule has 0 saturated carbocycles. The minimum absolute atomic E-state index is 0.386. The van der Waals surface area contributed by atoms with Gasteiger partial charge < -0.3 is 15.6 Å². The van der Waals surface area contributed by atoms with E-state index in [2.05, 4.69) is 70.7 Å². The second-order valence-electron chi connectivity index (χ2n) is 7.18. The fourth-order valence-electron chi connectivity index (χ4n) is 4.10. The number of benzene rings is 2. The Morgan fingerprint density at radius 1 is 1.22 bits per heavy atom. The second-order valence-corrected chi connectivity index (χ2v) is 7.18. The Labute approximate surface area is 161 Å². The standard InChI is InChI=1S/C24H27N3/c1-3-18(16-25-2)19-12-13-22-21(14-19)20-10-7-11-23(24(20)27-22)26-15-17-8-5-4-6-9-17/h3-6,8-9,12-14,16,23,25-27H,1,7,10-11,15H2,2H3/b18-16+/t23-/m1/s1. The number of allylic oxidation sites excluding steroid dienone is 2. The Morgan fingerprint density at radius 2 is 2.07 bits per heavy atom. The van der Waals surface area contributed by atoms with E-state index in [1.165, 1.54) is 46.1 Å². The molecular weight excluding hydrogens is 330 g/mol. The first-order valence-electron chi connectivity index (χ1n) is 9.72. The largest absolute Gasteiger partial charge is 0.393 e. The summed E-state index contributed by atoms with van der Waals surface area (Å²) in [6.45, 7) is 4.85. The number of hydrogen-bond donors (Lipinski definition) is 3. The maximum absolute atomic E-state index is 3.95. The van der Waals surface area contributed by atoms with E-state index in [0.29, 0.717) is 6.04 Å². The molecular formula is C24H27N3. The lowest BCUT2D eigenvalue weighted by Crippen LogP contribution is -2.24. The number of aromatic nitrogens is 1. The summed E-state index contributed by atoms with van der Waals surface area (Å²) < 4.78 is 0. The third kappa shape index (κ3) is 3.56. The zero-order chi connectivity index (χ0) is 18.6. The van der Waals surface area contributed by atoms with Gasteiger partial charge in [0.2, 0.25) is 0 Å². The summed E-state index contributed by atoms with van der Waals surface area (Å²) in [5.74, 6) is 0. The molecule has 3 N–H and O–H groups in total. The van der Waals surface area contributed by atoms with Crippen LogP contribution in [0.25, 0.3) is 16.5 Å². The number of H-pyrrole nitrogens is 1. The molecule has 138 valence electrons. The van der Waals surface area contributed by atoms with E-state index in [1.807, 2.05) is 19.3 Å². The maximum Gasteiger partial charge on any atom is 0.0478 e. The summed E-state index contributed by atoms with van der Waals surface area (Å²) >= 11 is 0. The molecule has 1 aromatic heterocycles. The van der Waals surface area contributed by atoms with Gasteiger partial charge in [-0.2, -0.15) is 0 Å². The van der Waals surface area contributed by atoms with E-state index >= 15 is 0 Å². The van der Waals surface area contributed by atoms with E-state index in [-0.39, 0.29) is 0 Å². The second kappa shape index (κ2) is 7.85. The van der Waals surface area contributed by atoms with Crippen molar-refractivity contribution >= 4 is 16.5 Å². The number of aryl methyl sites for hydroxylation is 1. The molecule has 0 unspecified atom stereocenters. The molecule has 0 bridgehead atoms. The Balaban J connectivity index is 1.65. The van der Waals surface area contributed by atoms with Gasteiger partial charge in [-0.3, -0.25) is 0 Å². The minimum Gasteiger partial charge on any atom is -0.393 e. The van der Waals surface area contributed by atoms with Crippen LogP contribution in [0, 0.1) is 0 Å². The van der Waals surface area contributed by atoms with Crippen molar-refractivity contribution in [2.45, 2.75) is 31.8 Å². The quantitative estimate of drug-likeness (QED) is 0.538. The van der Waals surface area contributed by atoms with Crippen LogP contribution in [-0.4, -0.2) is 12.0 Å². The van der Waals surface area contributed by atoms with Crippen molar-refractivity contribution in [3.8, 4) is 0 Å². The SMILES string of the molecule is C=C/C(=C\NC)c1ccc2[nH]c3c(c2c1)CCC[C@H]3NCc1ccccc1. The van der Waals surface area contributed by atoms with Crippen LogP contribution < -0.4 is 10.6 Å². The maximum atomic E-state index is 3.95. The first-order chi connectivity index (χ1) is 13.3.